The first-order chi connectivity index (χ1) is 41.8. The third-order valence-corrected chi connectivity index (χ3v) is 43.6. The summed E-state index contributed by atoms with van der Waals surface area (Å²) >= 11 is 0. The van der Waals surface area contributed by atoms with Crippen LogP contribution >= 0.6 is 8.25 Å². The van der Waals surface area contributed by atoms with Crippen LogP contribution in [0.2, 0.25) is 77.6 Å². The van der Waals surface area contributed by atoms with Crippen molar-refractivity contribution in [1.82, 2.24) is 18.7 Å². The van der Waals surface area contributed by atoms with E-state index in [1.54, 1.807) is 24.3 Å². The fourth-order valence-electron chi connectivity index (χ4n) is 10.4. The largest absolute Gasteiger partial charge is 0.697 e. The number of aromatic amines is 1. The van der Waals surface area contributed by atoms with Gasteiger partial charge in [-0.3, -0.25) is 28.5 Å². The number of hydrogen-bond acceptors (Lipinski definition) is 15. The monoisotopic (exact) mass is 1360 g/mol. The molecular weight excluding hydrogens is 1260 g/mol. The molecule has 25 heteroatoms. The summed E-state index contributed by atoms with van der Waals surface area (Å²) in [6.07, 6.45) is -6.09. The maximum atomic E-state index is 15.4. The van der Waals surface area contributed by atoms with Crippen molar-refractivity contribution in [3.05, 3.63) is 162 Å². The lowest BCUT2D eigenvalue weighted by Gasteiger charge is -2.44. The maximum Gasteiger partial charge on any atom is 0.697 e. The topological polar surface area (TPSA) is 216 Å². The Morgan fingerprint density at radius 2 is 0.956 bits per heavy atom. The van der Waals surface area contributed by atoms with E-state index in [9.17, 15) is 14.4 Å². The summed E-state index contributed by atoms with van der Waals surface area (Å²) in [5.74, 6) is -0.873. The second-order valence-electron chi connectivity index (χ2n) is 31.4. The standard InChI is InChI=1S/C66H101N4O15PSi5/c1-62(2,3)87(16,17)78-44-50-53(82-86(76)77-43-49-54(83-88(18,19)63(4,5)6)56(85-90(22,23)65(10,11)12)58(80-49)68-40-38-51(71)67-60(68)74)55(84-89(20,21)64(7,8)9)59(81-50)69-41-39-52(72)70(61(69)75)57(73)48-37-31-30-32-45(48)42-79-91(66(13,14)15,46-33-26-24-27-34-46)47-35-28-25-29-36-47/h24-41,49-50,53-56,58-59H,42-44H2,1-23H3/p+1/t49-,50-,53-,54-,55-,56-,58-,59-/m1/s1. The average molecular weight is 1360 g/mol. The van der Waals surface area contributed by atoms with Gasteiger partial charge in [-0.2, -0.15) is 4.57 Å². The van der Waals surface area contributed by atoms with Gasteiger partial charge in [0, 0.05) is 34.7 Å². The Kier molecular flexibility index (Phi) is 22.2. The summed E-state index contributed by atoms with van der Waals surface area (Å²) in [6.45, 7) is 47.8. The van der Waals surface area contributed by atoms with Crippen molar-refractivity contribution in [3.8, 4) is 0 Å². The van der Waals surface area contributed by atoms with E-state index in [0.717, 1.165) is 16.4 Å². The van der Waals surface area contributed by atoms with Crippen molar-refractivity contribution in [2.45, 2.75) is 237 Å². The smallest absolute Gasteiger partial charge is 0.414 e. The van der Waals surface area contributed by atoms with Crippen LogP contribution in [0.15, 0.2) is 129 Å². The molecule has 9 atom stereocenters. The van der Waals surface area contributed by atoms with E-state index in [1.807, 2.05) is 49.5 Å². The van der Waals surface area contributed by atoms with Crippen LogP contribution in [0, 0.1) is 0 Å². The zero-order valence-corrected chi connectivity index (χ0v) is 63.9. The van der Waals surface area contributed by atoms with Gasteiger partial charge in [0.05, 0.1) is 13.2 Å². The lowest BCUT2D eigenvalue weighted by molar-refractivity contribution is -0.0543. The zero-order chi connectivity index (χ0) is 68.0. The molecule has 500 valence electrons. The number of carbonyl (C=O) groups excluding carboxylic acids is 1. The lowest BCUT2D eigenvalue weighted by atomic mass is 10.1. The van der Waals surface area contributed by atoms with Gasteiger partial charge in [-0.15, -0.1) is 9.05 Å². The minimum atomic E-state index is -3.14. The van der Waals surface area contributed by atoms with Gasteiger partial charge in [0.1, 0.15) is 37.1 Å². The first-order valence-corrected chi connectivity index (χ1v) is 46.2. The van der Waals surface area contributed by atoms with Gasteiger partial charge < -0.3 is 31.6 Å². The lowest BCUT2D eigenvalue weighted by Crippen LogP contribution is -2.66. The van der Waals surface area contributed by atoms with Crippen molar-refractivity contribution >= 4 is 66.1 Å². The predicted octanol–water partition coefficient (Wildman–Crippen LogP) is 12.4. The molecule has 2 fully saturated rings. The molecule has 2 saturated heterocycles. The Balaban J connectivity index is 1.30. The molecule has 2 aliphatic heterocycles. The maximum absolute atomic E-state index is 15.4. The molecule has 91 heavy (non-hydrogen) atoms. The van der Waals surface area contributed by atoms with E-state index < -0.39 is 137 Å². The van der Waals surface area contributed by atoms with E-state index in [1.165, 1.54) is 27.6 Å². The molecule has 7 rings (SSSR count). The Labute approximate surface area is 544 Å². The number of H-pyrrole nitrogens is 1. The molecule has 1 N–H and O–H groups in total. The molecule has 0 aliphatic carbocycles. The minimum absolute atomic E-state index is 0.0214. The fourth-order valence-corrected chi connectivity index (χ4v) is 20.6. The van der Waals surface area contributed by atoms with E-state index in [0.29, 0.717) is 10.1 Å². The minimum Gasteiger partial charge on any atom is -0.414 e. The Bertz CT molecular complexity index is 3580. The highest BCUT2D eigenvalue weighted by Crippen LogP contribution is 2.49. The van der Waals surface area contributed by atoms with E-state index >= 15 is 14.2 Å². The van der Waals surface area contributed by atoms with Crippen molar-refractivity contribution < 1.29 is 50.0 Å². The molecule has 4 heterocycles. The second kappa shape index (κ2) is 27.3. The molecule has 0 radical (unpaired) electrons. The van der Waals surface area contributed by atoms with Gasteiger partial charge in [0.25, 0.3) is 25.3 Å². The number of benzene rings is 3. The van der Waals surface area contributed by atoms with Gasteiger partial charge in [0.15, 0.2) is 51.8 Å². The van der Waals surface area contributed by atoms with Crippen LogP contribution in [0.3, 0.4) is 0 Å². The highest BCUT2D eigenvalue weighted by Gasteiger charge is 2.59. The first-order valence-electron chi connectivity index (χ1n) is 31.6. The van der Waals surface area contributed by atoms with Crippen LogP contribution in [0.1, 0.15) is 132 Å². The number of nitrogens with zero attached hydrogens (tertiary/aromatic N) is 3. The molecule has 19 nitrogen and oxygen atoms in total. The Hall–Kier alpha value is -4.49. The second-order valence-corrected chi connectivity index (χ2v) is 55.7. The van der Waals surface area contributed by atoms with Crippen LogP contribution < -0.4 is 32.9 Å². The van der Waals surface area contributed by atoms with Crippen LogP contribution in [-0.2, 0) is 51.8 Å². The number of nitrogens with one attached hydrogen (secondary N) is 1. The number of aromatic nitrogens is 4. The normalized spacial score (nSPS) is 21.9. The summed E-state index contributed by atoms with van der Waals surface area (Å²) in [4.78, 5) is 73.4. The van der Waals surface area contributed by atoms with Gasteiger partial charge in [-0.25, -0.2) is 9.59 Å². The van der Waals surface area contributed by atoms with Crippen LogP contribution in [-0.4, -0.2) is 116 Å². The number of rotatable bonds is 22. The highest BCUT2D eigenvalue weighted by atomic mass is 31.1. The number of carbonyl (C=O) groups is 1. The van der Waals surface area contributed by atoms with Crippen molar-refractivity contribution in [2.75, 3.05) is 13.2 Å². The molecule has 2 aliphatic rings. The van der Waals surface area contributed by atoms with Crippen molar-refractivity contribution in [1.29, 1.82) is 0 Å². The van der Waals surface area contributed by atoms with E-state index in [-0.39, 0.29) is 40.5 Å². The number of ether oxygens (including phenoxy) is 2. The molecule has 5 aromatic rings. The SMILES string of the molecule is CC(C)(C)[Si](C)(C)OC[C@H]1O[C@@H](n2ccc(=O)n(C(=O)c3ccccc3CO[Si](c3ccccc3)(c3ccccc3)C(C)(C)C)c2=O)[C@H](O[Si](C)(C)C(C)(C)C)[C@@H]1O[P+](=O)OC[C@H]1O[C@@H](n2ccc(=O)[nH]c2=O)[C@H](O[Si](C)(C)C(C)(C)C)[C@@H]1O[Si](C)(C)C(C)(C)C. The summed E-state index contributed by atoms with van der Waals surface area (Å²) in [7, 11) is -17.1. The van der Waals surface area contributed by atoms with E-state index in [2.05, 4.69) is 172 Å². The van der Waals surface area contributed by atoms with Gasteiger partial charge in [0.2, 0.25) is 0 Å². The molecule has 3 aromatic carbocycles. The van der Waals surface area contributed by atoms with Crippen LogP contribution in [0.25, 0.3) is 0 Å². The molecule has 0 spiro atoms. The molecule has 0 saturated carbocycles. The average Bonchev–Trinajstić information content (AvgIpc) is 1.68. The summed E-state index contributed by atoms with van der Waals surface area (Å²) in [5, 5.41) is 0.415. The first kappa shape index (κ1) is 73.9. The van der Waals surface area contributed by atoms with Crippen LogP contribution in [0.5, 0.6) is 0 Å². The number of hydrogen-bond donors (Lipinski definition) is 1. The molecular formula is C66H102N4O15PSi5+. The van der Waals surface area contributed by atoms with E-state index in [4.69, 9.17) is 40.7 Å². The van der Waals surface area contributed by atoms with Gasteiger partial charge in [-0.1, -0.05) is 183 Å². The summed E-state index contributed by atoms with van der Waals surface area (Å²) < 4.78 is 80.6. The van der Waals surface area contributed by atoms with Crippen molar-refractivity contribution in [2.24, 2.45) is 0 Å². The Morgan fingerprint density at radius 1 is 0.516 bits per heavy atom. The highest BCUT2D eigenvalue weighted by molar-refractivity contribution is 7.33. The van der Waals surface area contributed by atoms with Gasteiger partial charge >= 0.3 is 19.6 Å². The summed E-state index contributed by atoms with van der Waals surface area (Å²) in [5.41, 5.74) is -2.60. The predicted molar refractivity (Wildman–Crippen MR) is 370 cm³/mol. The van der Waals surface area contributed by atoms with Gasteiger partial charge in [-0.05, 0) is 99.6 Å². The third-order valence-electron chi connectivity index (χ3n) is 20.0. The molecule has 0 amide bonds. The fraction of sp³-hybridized carbons (Fsp3) is 0.591. The van der Waals surface area contributed by atoms with Crippen LogP contribution in [0.4, 0.5) is 0 Å². The quantitative estimate of drug-likeness (QED) is 0.0504. The zero-order valence-electron chi connectivity index (χ0n) is 58.0. The molecule has 2 aromatic heterocycles. The molecule has 0 bridgehead atoms. The third kappa shape index (κ3) is 15.9. The molecule has 1 unspecified atom stereocenters. The van der Waals surface area contributed by atoms with Crippen molar-refractivity contribution in [3.63, 3.8) is 0 Å². The summed E-state index contributed by atoms with van der Waals surface area (Å²) in [6, 6.07) is 29.5. The Morgan fingerprint density at radius 3 is 1.44 bits per heavy atom.